The number of hydrogen-bond acceptors (Lipinski definition) is 16. The maximum atomic E-state index is 11.3. The molecule has 0 heterocycles. The number of aliphatic hydroxyl groups is 4. The minimum atomic E-state index is -0.750. The zero-order valence-electron chi connectivity index (χ0n) is 29.2. The number of aliphatic hydroxyl groups excluding tert-OH is 3. The van der Waals surface area contributed by atoms with Crippen molar-refractivity contribution in [1.29, 1.82) is 0 Å². The zero-order valence-corrected chi connectivity index (χ0v) is 27.2. The third-order valence-corrected chi connectivity index (χ3v) is 5.29. The standard InChI is InChI=1S/C11H12O4.C10H10O6.C10H10O4.CH4O2.10CH4/c1-3-15-11(13)9-6-4-8(5-7-9)10(12)14-2;11-5-15-9(13)7-1-2-8(4-3-7)10(14)16-6-12;1-13-9(11)7-3-5-8(6-4-7)10(12)14-2;2-1-3;;;;;;;;;;/h4-7H,3H2,1-2H3;1-4,11-12H,5-6H2;3-6H,1-2H3;2-3H,1H2;10*1H4/i;;;;1TD;;;;;;;;;. The molecule has 0 atom stereocenters. The summed E-state index contributed by atoms with van der Waals surface area (Å²) in [5, 5.41) is 31.0. The number of rotatable bonds is 9. The van der Waals surface area contributed by atoms with Gasteiger partial charge >= 0.3 is 35.8 Å². The van der Waals surface area contributed by atoms with Gasteiger partial charge in [-0.1, -0.05) is 74.2 Å². The van der Waals surface area contributed by atoms with Crippen LogP contribution in [0, 0.1) is 0 Å². The molecule has 0 bridgehead atoms. The van der Waals surface area contributed by atoms with Gasteiger partial charge in [0, 0.05) is 2.74 Å². The molecule has 0 aromatic heterocycles. The summed E-state index contributed by atoms with van der Waals surface area (Å²) in [5.41, 5.74) is 2.04. The van der Waals surface area contributed by atoms with E-state index in [1.807, 2.05) is 0 Å². The summed E-state index contributed by atoms with van der Waals surface area (Å²) >= 11 is 0. The van der Waals surface area contributed by atoms with Gasteiger partial charge < -0.3 is 48.8 Å². The van der Waals surface area contributed by atoms with Gasteiger partial charge in [-0.15, -0.1) is 0 Å². The number of hydrogen-bond donors (Lipinski definition) is 4. The normalized spacial score (nSPS) is 8.00. The van der Waals surface area contributed by atoms with Gasteiger partial charge in [-0.25, -0.2) is 28.8 Å². The quantitative estimate of drug-likeness (QED) is 0.0904. The molecule has 58 heavy (non-hydrogen) atoms. The molecule has 0 radical (unpaired) electrons. The third kappa shape index (κ3) is 30.5. The highest BCUT2D eigenvalue weighted by atomic mass is 16.6. The lowest BCUT2D eigenvalue weighted by atomic mass is 10.1. The predicted octanol–water partition coefficient (Wildman–Crippen LogP) is 8.10. The highest BCUT2D eigenvalue weighted by Crippen LogP contribution is 2.09. The van der Waals surface area contributed by atoms with E-state index in [1.165, 1.54) is 94.1 Å². The molecule has 16 nitrogen and oxygen atoms in total. The van der Waals surface area contributed by atoms with Gasteiger partial charge in [0.2, 0.25) is 0 Å². The maximum Gasteiger partial charge on any atom is 0.340 e. The Hall–Kier alpha value is -5.68. The fourth-order valence-electron chi connectivity index (χ4n) is 3.08. The first-order chi connectivity index (χ1) is 24.4. The minimum absolute atomic E-state index is 0. The van der Waals surface area contributed by atoms with Crippen molar-refractivity contribution in [1.82, 2.24) is 0 Å². The molecule has 3 rings (SSSR count). The molecule has 3 aromatic rings. The van der Waals surface area contributed by atoms with Crippen LogP contribution in [0.5, 0.6) is 0 Å². The summed E-state index contributed by atoms with van der Waals surface area (Å²) in [5.74, 6) is -3.06. The second-order valence-corrected chi connectivity index (χ2v) is 8.19. The smallest absolute Gasteiger partial charge is 0.340 e. The Bertz CT molecular complexity index is 1390. The Morgan fingerprint density at radius 2 is 0.603 bits per heavy atom. The van der Waals surface area contributed by atoms with Crippen LogP contribution in [0.1, 0.15) is 146 Å². The Kier molecular flexibility index (Phi) is 60.1. The van der Waals surface area contributed by atoms with E-state index >= 15 is 0 Å². The van der Waals surface area contributed by atoms with E-state index in [0.717, 1.165) is 0 Å². The Balaban J connectivity index is -0.0000000583. The number of carbonyl (C=O) groups excluding carboxylic acids is 6. The van der Waals surface area contributed by atoms with Crippen LogP contribution < -0.4 is 0 Å². The lowest BCUT2D eigenvalue weighted by molar-refractivity contribution is 0.00523. The van der Waals surface area contributed by atoms with Crippen molar-refractivity contribution < 1.29 is 80.4 Å². The van der Waals surface area contributed by atoms with Gasteiger partial charge in [-0.05, 0) is 79.7 Å². The topological polar surface area (TPSA) is 239 Å². The van der Waals surface area contributed by atoms with Crippen molar-refractivity contribution in [3.63, 3.8) is 0 Å². The van der Waals surface area contributed by atoms with E-state index in [9.17, 15) is 28.8 Å². The molecule has 0 aliphatic rings. The van der Waals surface area contributed by atoms with Crippen molar-refractivity contribution in [2.45, 2.75) is 81.1 Å². The molecule has 3 aromatic carbocycles. The first-order valence-electron chi connectivity index (χ1n) is 14.9. The summed E-state index contributed by atoms with van der Waals surface area (Å²) in [6.45, 7) is -0.0847. The summed E-state index contributed by atoms with van der Waals surface area (Å²) in [6.07, 6.45) is 0. The molecule has 0 fully saturated rings. The Morgan fingerprint density at radius 1 is 0.448 bits per heavy atom. The van der Waals surface area contributed by atoms with Gasteiger partial charge in [-0.2, -0.15) is 0 Å². The molecule has 0 aliphatic heterocycles. The van der Waals surface area contributed by atoms with Crippen molar-refractivity contribution >= 4 is 35.8 Å². The van der Waals surface area contributed by atoms with Gasteiger partial charge in [-0.3, -0.25) is 0 Å². The fraction of sp³-hybridized carbons (Fsp3) is 0.429. The SMILES string of the molecule is C.C.C.C.C.C.C.C.C.CCOC(=O)c1ccc(C(=O)OC)cc1.COC(=O)c1ccc(C(=O)OC)cc1.O=C(OCO)c1ccc(C(=O)OCO)cc1.OCO.[2H]C[3H]. The van der Waals surface area contributed by atoms with E-state index in [1.54, 1.807) is 6.92 Å². The average Bonchev–Trinajstić information content (AvgIpc) is 3.15. The molecule has 16 heteroatoms. The van der Waals surface area contributed by atoms with Crippen LogP contribution in [0.15, 0.2) is 72.8 Å². The van der Waals surface area contributed by atoms with Crippen molar-refractivity contribution in [3.8, 4) is 0 Å². The Morgan fingerprint density at radius 3 is 0.741 bits per heavy atom. The molecule has 0 saturated heterocycles. The van der Waals surface area contributed by atoms with E-state index in [2.05, 4.69) is 23.7 Å². The van der Waals surface area contributed by atoms with Gasteiger partial charge in [0.15, 0.2) is 13.6 Å². The Labute approximate surface area is 351 Å². The fourth-order valence-corrected chi connectivity index (χ4v) is 3.08. The maximum absolute atomic E-state index is 11.3. The molecule has 0 spiro atoms. The molecular formula is C42H76O16. The lowest BCUT2D eigenvalue weighted by Gasteiger charge is -2.03. The van der Waals surface area contributed by atoms with Gasteiger partial charge in [0.25, 0.3) is 0 Å². The van der Waals surface area contributed by atoms with Crippen molar-refractivity contribution in [2.24, 2.45) is 0 Å². The van der Waals surface area contributed by atoms with E-state index in [0.29, 0.717) is 28.9 Å². The number of esters is 6. The second-order valence-electron chi connectivity index (χ2n) is 8.19. The highest BCUT2D eigenvalue weighted by molar-refractivity contribution is 5.94. The predicted molar refractivity (Wildman–Crippen MR) is 231 cm³/mol. The molecule has 0 aliphatic carbocycles. The number of ether oxygens (including phenoxy) is 6. The summed E-state index contributed by atoms with van der Waals surface area (Å²) in [4.78, 5) is 66.6. The first-order valence-corrected chi connectivity index (χ1v) is 13.5. The molecule has 4 N–H and O–H groups in total. The summed E-state index contributed by atoms with van der Waals surface area (Å²) in [7, 11) is 3.66. The van der Waals surface area contributed by atoms with Gasteiger partial charge in [0.1, 0.15) is 6.79 Å². The highest BCUT2D eigenvalue weighted by Gasteiger charge is 2.11. The monoisotopic (exact) mass is 840 g/mol. The lowest BCUT2D eigenvalue weighted by Crippen LogP contribution is -2.08. The molecule has 340 valence electrons. The number of benzene rings is 3. The van der Waals surface area contributed by atoms with Crippen LogP contribution in [0.25, 0.3) is 0 Å². The van der Waals surface area contributed by atoms with Crippen LogP contribution in [0.4, 0.5) is 0 Å². The number of methoxy groups -OCH3 is 3. The molecule has 0 saturated carbocycles. The molecule has 0 amide bonds. The number of carbonyl (C=O) groups is 6. The minimum Gasteiger partial charge on any atom is -0.465 e. The second kappa shape index (κ2) is 47.5. The van der Waals surface area contributed by atoms with Crippen LogP contribution in [0.2, 0.25) is 0 Å². The zero-order chi connectivity index (χ0) is 39.2. The first kappa shape index (κ1) is 73.4. The van der Waals surface area contributed by atoms with Crippen LogP contribution >= 0.6 is 0 Å². The molecule has 0 unspecified atom stereocenters. The third-order valence-electron chi connectivity index (χ3n) is 5.29. The van der Waals surface area contributed by atoms with E-state index in [4.69, 9.17) is 27.9 Å². The van der Waals surface area contributed by atoms with Crippen LogP contribution in [-0.4, -0.2) is 105 Å². The largest absolute Gasteiger partial charge is 0.465 e. The van der Waals surface area contributed by atoms with Crippen molar-refractivity contribution in [3.05, 3.63) is 106 Å². The van der Waals surface area contributed by atoms with Gasteiger partial charge in [0.05, 0.1) is 61.3 Å². The van der Waals surface area contributed by atoms with E-state index < -0.39 is 56.2 Å². The van der Waals surface area contributed by atoms with E-state index in [-0.39, 0.29) is 85.3 Å². The average molecular weight is 840 g/mol. The van der Waals surface area contributed by atoms with Crippen LogP contribution in [0.3, 0.4) is 0 Å². The summed E-state index contributed by atoms with van der Waals surface area (Å²) < 4.78 is 38.8. The van der Waals surface area contributed by atoms with Crippen molar-refractivity contribution in [2.75, 3.05) is 48.3 Å². The van der Waals surface area contributed by atoms with Crippen LogP contribution in [-0.2, 0) is 28.4 Å². The molecular weight excluding hydrogens is 760 g/mol. The summed E-state index contributed by atoms with van der Waals surface area (Å²) in [6, 6.07) is 17.6.